The Morgan fingerprint density at radius 3 is 2.27 bits per heavy atom. The molecule has 0 aliphatic rings. The Morgan fingerprint density at radius 2 is 1.87 bits per heavy atom. The summed E-state index contributed by atoms with van der Waals surface area (Å²) in [4.78, 5) is 11.1. The lowest BCUT2D eigenvalue weighted by Crippen LogP contribution is -2.32. The zero-order valence-corrected chi connectivity index (χ0v) is 9.23. The van der Waals surface area contributed by atoms with Crippen LogP contribution in [0.4, 0.5) is 0 Å². The van der Waals surface area contributed by atoms with E-state index in [9.17, 15) is 4.79 Å². The average molecular weight is 208 g/mol. The van der Waals surface area contributed by atoms with Crippen LogP contribution in [-0.2, 0) is 9.53 Å². The molecule has 1 atom stereocenters. The van der Waals surface area contributed by atoms with Gasteiger partial charge in [0.15, 0.2) is 0 Å². The van der Waals surface area contributed by atoms with Gasteiger partial charge in [0.25, 0.3) is 0 Å². The lowest BCUT2D eigenvalue weighted by Gasteiger charge is -2.29. The first-order valence-electron chi connectivity index (χ1n) is 4.81. The van der Waals surface area contributed by atoms with Gasteiger partial charge >= 0.3 is 5.97 Å². The van der Waals surface area contributed by atoms with Gasteiger partial charge in [-0.15, -0.1) is 0 Å². The Morgan fingerprint density at radius 1 is 1.33 bits per heavy atom. The monoisotopic (exact) mass is 208 g/mol. The fraction of sp³-hybridized carbons (Fsp3) is 0.417. The number of rotatable bonds is 4. The number of hydrogen-bond acceptors (Lipinski definition) is 2. The van der Waals surface area contributed by atoms with Crippen LogP contribution in [0.2, 0.25) is 0 Å². The number of hydrogen-bond donors (Lipinski definition) is 1. The molecule has 0 aliphatic carbocycles. The fourth-order valence-electron chi connectivity index (χ4n) is 1.59. The van der Waals surface area contributed by atoms with E-state index in [1.807, 2.05) is 30.3 Å². The maximum Gasteiger partial charge on any atom is 0.312 e. The number of ether oxygens (including phenoxy) is 1. The summed E-state index contributed by atoms with van der Waals surface area (Å²) >= 11 is 0. The highest BCUT2D eigenvalue weighted by Crippen LogP contribution is 2.36. The molecule has 0 saturated heterocycles. The van der Waals surface area contributed by atoms with Crippen LogP contribution in [0.3, 0.4) is 0 Å². The summed E-state index contributed by atoms with van der Waals surface area (Å²) in [7, 11) is 1.53. The van der Waals surface area contributed by atoms with Crippen molar-refractivity contribution in [1.82, 2.24) is 0 Å². The van der Waals surface area contributed by atoms with E-state index in [4.69, 9.17) is 9.84 Å². The number of aliphatic carboxylic acids is 1. The minimum Gasteiger partial charge on any atom is -0.481 e. The van der Waals surface area contributed by atoms with E-state index in [1.54, 1.807) is 13.8 Å². The predicted octanol–water partition coefficient (Wildman–Crippen LogP) is 2.48. The molecule has 1 rings (SSSR count). The van der Waals surface area contributed by atoms with E-state index in [2.05, 4.69) is 0 Å². The number of benzene rings is 1. The molecule has 1 aromatic carbocycles. The second-order valence-corrected chi connectivity index (χ2v) is 4.05. The molecule has 0 bridgehead atoms. The van der Waals surface area contributed by atoms with Crippen molar-refractivity contribution in [3.63, 3.8) is 0 Å². The zero-order chi connectivity index (χ0) is 11.5. The highest BCUT2D eigenvalue weighted by Gasteiger charge is 2.38. The predicted molar refractivity (Wildman–Crippen MR) is 57.6 cm³/mol. The summed E-state index contributed by atoms with van der Waals surface area (Å²) < 4.78 is 5.28. The van der Waals surface area contributed by atoms with E-state index in [1.165, 1.54) is 7.11 Å². The van der Waals surface area contributed by atoms with Gasteiger partial charge in [0, 0.05) is 7.11 Å². The van der Waals surface area contributed by atoms with Gasteiger partial charge in [0.05, 0.1) is 11.5 Å². The zero-order valence-electron chi connectivity index (χ0n) is 9.23. The van der Waals surface area contributed by atoms with Crippen LogP contribution in [0.1, 0.15) is 25.5 Å². The summed E-state index contributed by atoms with van der Waals surface area (Å²) in [6.07, 6.45) is -0.434. The molecule has 0 aromatic heterocycles. The maximum absolute atomic E-state index is 11.1. The van der Waals surface area contributed by atoms with Crippen molar-refractivity contribution in [2.45, 2.75) is 20.0 Å². The number of carbonyl (C=O) groups is 1. The van der Waals surface area contributed by atoms with Gasteiger partial charge in [0.1, 0.15) is 0 Å². The van der Waals surface area contributed by atoms with Crippen molar-refractivity contribution in [2.24, 2.45) is 5.41 Å². The average Bonchev–Trinajstić information content (AvgIpc) is 2.19. The molecule has 1 aromatic rings. The van der Waals surface area contributed by atoms with E-state index < -0.39 is 17.5 Å². The molecule has 1 unspecified atom stereocenters. The van der Waals surface area contributed by atoms with Gasteiger partial charge in [-0.25, -0.2) is 0 Å². The third-order valence-electron chi connectivity index (χ3n) is 2.54. The number of carboxylic acid groups (broad SMARTS) is 1. The van der Waals surface area contributed by atoms with Crippen LogP contribution in [0.5, 0.6) is 0 Å². The summed E-state index contributed by atoms with van der Waals surface area (Å²) in [5, 5.41) is 9.12. The Hall–Kier alpha value is -1.35. The van der Waals surface area contributed by atoms with Crippen molar-refractivity contribution >= 4 is 5.97 Å². The standard InChI is InChI=1S/C12H16O3/c1-12(2,11(13)14)10(15-3)9-7-5-4-6-8-9/h4-8,10H,1-3H3,(H,13,14). The molecule has 0 heterocycles. The quantitative estimate of drug-likeness (QED) is 0.826. The molecule has 1 N–H and O–H groups in total. The van der Waals surface area contributed by atoms with Gasteiger partial charge < -0.3 is 9.84 Å². The minimum atomic E-state index is -0.934. The van der Waals surface area contributed by atoms with Gasteiger partial charge in [-0.3, -0.25) is 4.79 Å². The van der Waals surface area contributed by atoms with Crippen molar-refractivity contribution in [3.8, 4) is 0 Å². The van der Waals surface area contributed by atoms with Gasteiger partial charge in [0.2, 0.25) is 0 Å². The highest BCUT2D eigenvalue weighted by molar-refractivity contribution is 5.74. The Kier molecular flexibility index (Phi) is 3.48. The first-order chi connectivity index (χ1) is 7.00. The molecule has 0 radical (unpaired) electrons. The maximum atomic E-state index is 11.1. The lowest BCUT2D eigenvalue weighted by molar-refractivity contribution is -0.155. The van der Waals surface area contributed by atoms with E-state index in [-0.39, 0.29) is 0 Å². The molecule has 0 fully saturated rings. The number of carboxylic acids is 1. The third kappa shape index (κ3) is 2.36. The van der Waals surface area contributed by atoms with E-state index >= 15 is 0 Å². The molecule has 0 saturated carbocycles. The Labute approximate surface area is 89.7 Å². The fourth-order valence-corrected chi connectivity index (χ4v) is 1.59. The van der Waals surface area contributed by atoms with E-state index in [0.29, 0.717) is 0 Å². The summed E-state index contributed by atoms with van der Waals surface area (Å²) in [5.41, 5.74) is -0.0526. The molecule has 3 nitrogen and oxygen atoms in total. The van der Waals surface area contributed by atoms with Crippen LogP contribution in [0, 0.1) is 5.41 Å². The SMILES string of the molecule is COC(c1ccccc1)C(C)(C)C(=O)O. The van der Waals surface area contributed by atoms with Crippen LogP contribution >= 0.6 is 0 Å². The smallest absolute Gasteiger partial charge is 0.312 e. The van der Waals surface area contributed by atoms with Crippen LogP contribution in [-0.4, -0.2) is 18.2 Å². The second-order valence-electron chi connectivity index (χ2n) is 4.05. The summed E-state index contributed by atoms with van der Waals surface area (Å²) in [5.74, 6) is -0.863. The van der Waals surface area contributed by atoms with E-state index in [0.717, 1.165) is 5.56 Å². The molecule has 0 amide bonds. The Balaban J connectivity index is 3.05. The molecule has 82 valence electrons. The molecule has 15 heavy (non-hydrogen) atoms. The van der Waals surface area contributed by atoms with Crippen LogP contribution in [0.15, 0.2) is 30.3 Å². The summed E-state index contributed by atoms with van der Waals surface area (Å²) in [6, 6.07) is 9.39. The largest absolute Gasteiger partial charge is 0.481 e. The van der Waals surface area contributed by atoms with Crippen molar-refractivity contribution in [2.75, 3.05) is 7.11 Å². The first-order valence-corrected chi connectivity index (χ1v) is 4.81. The van der Waals surface area contributed by atoms with Gasteiger partial charge in [-0.1, -0.05) is 30.3 Å². The lowest BCUT2D eigenvalue weighted by atomic mass is 9.82. The van der Waals surface area contributed by atoms with Gasteiger partial charge in [-0.05, 0) is 19.4 Å². The topological polar surface area (TPSA) is 46.5 Å². The highest BCUT2D eigenvalue weighted by atomic mass is 16.5. The normalized spacial score (nSPS) is 13.5. The summed E-state index contributed by atoms with van der Waals surface area (Å²) in [6.45, 7) is 3.33. The van der Waals surface area contributed by atoms with Crippen LogP contribution in [0.25, 0.3) is 0 Å². The van der Waals surface area contributed by atoms with Crippen molar-refractivity contribution in [3.05, 3.63) is 35.9 Å². The molecule has 3 heteroatoms. The van der Waals surface area contributed by atoms with Crippen molar-refractivity contribution < 1.29 is 14.6 Å². The van der Waals surface area contributed by atoms with Gasteiger partial charge in [-0.2, -0.15) is 0 Å². The molecule has 0 aliphatic heterocycles. The minimum absolute atomic E-state index is 0.434. The van der Waals surface area contributed by atoms with Crippen molar-refractivity contribution in [1.29, 1.82) is 0 Å². The molecular weight excluding hydrogens is 192 g/mol. The van der Waals surface area contributed by atoms with Crippen LogP contribution < -0.4 is 0 Å². The molecular formula is C12H16O3. The second kappa shape index (κ2) is 4.45. The first kappa shape index (κ1) is 11.7. The molecule has 0 spiro atoms. The third-order valence-corrected chi connectivity index (χ3v) is 2.54. The number of methoxy groups -OCH3 is 1. The Bertz CT molecular complexity index is 330.